The quantitative estimate of drug-likeness (QED) is 0.908. The number of hydrogen-bond donors (Lipinski definition) is 1. The number of amides is 1. The Balaban J connectivity index is 1.89. The zero-order valence-electron chi connectivity index (χ0n) is 11.6. The fourth-order valence-electron chi connectivity index (χ4n) is 2.06. The third-order valence-corrected chi connectivity index (χ3v) is 3.95. The van der Waals surface area contributed by atoms with Crippen LogP contribution in [0.25, 0.3) is 0 Å². The lowest BCUT2D eigenvalue weighted by Gasteiger charge is -2.22. The van der Waals surface area contributed by atoms with Crippen molar-refractivity contribution in [1.82, 2.24) is 5.32 Å². The highest BCUT2D eigenvalue weighted by Crippen LogP contribution is 2.39. The fraction of sp³-hybridized carbons (Fsp3) is 0.467. The van der Waals surface area contributed by atoms with E-state index in [2.05, 4.69) is 11.4 Å². The number of ether oxygens (including phenoxy) is 1. The molecule has 0 spiro atoms. The summed E-state index contributed by atoms with van der Waals surface area (Å²) in [7, 11) is 0. The summed E-state index contributed by atoms with van der Waals surface area (Å²) < 4.78 is 5.41. The topological polar surface area (TPSA) is 62.1 Å². The van der Waals surface area contributed by atoms with Crippen molar-refractivity contribution in [1.29, 1.82) is 5.26 Å². The second-order valence-corrected chi connectivity index (χ2v) is 5.74. The van der Waals surface area contributed by atoms with Gasteiger partial charge >= 0.3 is 0 Å². The largest absolute Gasteiger partial charge is 0.484 e. The molecule has 1 N–H and O–H groups in total. The van der Waals surface area contributed by atoms with Gasteiger partial charge in [0.25, 0.3) is 5.91 Å². The van der Waals surface area contributed by atoms with Crippen LogP contribution in [-0.4, -0.2) is 18.1 Å². The van der Waals surface area contributed by atoms with Crippen LogP contribution >= 0.6 is 11.6 Å². The van der Waals surface area contributed by atoms with Gasteiger partial charge in [-0.3, -0.25) is 4.79 Å². The summed E-state index contributed by atoms with van der Waals surface area (Å²) in [6, 6.07) is 7.40. The van der Waals surface area contributed by atoms with E-state index in [0.29, 0.717) is 10.8 Å². The molecular weight excluding hydrogens is 276 g/mol. The molecule has 1 amide bonds. The van der Waals surface area contributed by atoms with Crippen LogP contribution in [0.15, 0.2) is 18.2 Å². The summed E-state index contributed by atoms with van der Waals surface area (Å²) in [6.07, 6.45) is 1.98. The van der Waals surface area contributed by atoms with Gasteiger partial charge < -0.3 is 10.1 Å². The lowest BCUT2D eigenvalue weighted by molar-refractivity contribution is -0.124. The average molecular weight is 293 g/mol. The Kier molecular flexibility index (Phi) is 4.20. The van der Waals surface area contributed by atoms with Gasteiger partial charge in [-0.25, -0.2) is 0 Å². The molecule has 0 bridgehead atoms. The second-order valence-electron chi connectivity index (χ2n) is 5.34. The van der Waals surface area contributed by atoms with Crippen LogP contribution in [-0.2, 0) is 4.79 Å². The van der Waals surface area contributed by atoms with E-state index in [1.165, 1.54) is 0 Å². The van der Waals surface area contributed by atoms with Crippen LogP contribution in [0.4, 0.5) is 0 Å². The van der Waals surface area contributed by atoms with E-state index in [4.69, 9.17) is 16.3 Å². The number of carbonyl (C=O) groups is 1. The molecule has 5 heteroatoms. The van der Waals surface area contributed by atoms with Crippen molar-refractivity contribution in [3.63, 3.8) is 0 Å². The van der Waals surface area contributed by atoms with Crippen molar-refractivity contribution in [3.8, 4) is 11.8 Å². The van der Waals surface area contributed by atoms with Crippen LogP contribution in [0, 0.1) is 24.2 Å². The molecule has 1 aromatic carbocycles. The Morgan fingerprint density at radius 3 is 2.85 bits per heavy atom. The molecule has 1 atom stereocenters. The van der Waals surface area contributed by atoms with Gasteiger partial charge in [-0.15, -0.1) is 0 Å². The van der Waals surface area contributed by atoms with E-state index >= 15 is 0 Å². The number of nitrogens with one attached hydrogen (secondary N) is 1. The molecule has 1 aromatic rings. The molecule has 1 aliphatic carbocycles. The van der Waals surface area contributed by atoms with Crippen molar-refractivity contribution in [3.05, 3.63) is 28.8 Å². The van der Waals surface area contributed by atoms with Gasteiger partial charge in [0.05, 0.1) is 6.07 Å². The van der Waals surface area contributed by atoms with Crippen LogP contribution in [0.5, 0.6) is 5.75 Å². The standard InChI is InChI=1S/C15H17ClN2O2/c1-10-7-12(5-6-13(10)16)20-8-14(19)18-15(2,9-17)11-3-4-11/h5-7,11H,3-4,8H2,1-2H3,(H,18,19)/t15-/m1/s1. The van der Waals surface area contributed by atoms with Gasteiger partial charge in [-0.2, -0.15) is 5.26 Å². The predicted octanol–water partition coefficient (Wildman–Crippen LogP) is 2.84. The van der Waals surface area contributed by atoms with E-state index in [-0.39, 0.29) is 18.4 Å². The zero-order valence-corrected chi connectivity index (χ0v) is 12.3. The third-order valence-electron chi connectivity index (χ3n) is 3.52. The number of hydrogen-bond acceptors (Lipinski definition) is 3. The van der Waals surface area contributed by atoms with Crippen molar-refractivity contribution in [2.75, 3.05) is 6.61 Å². The maximum atomic E-state index is 11.9. The number of nitrogens with zero attached hydrogens (tertiary/aromatic N) is 1. The smallest absolute Gasteiger partial charge is 0.259 e. The highest BCUT2D eigenvalue weighted by molar-refractivity contribution is 6.31. The Bertz CT molecular complexity index is 563. The summed E-state index contributed by atoms with van der Waals surface area (Å²) in [6.45, 7) is 3.52. The van der Waals surface area contributed by atoms with Crippen molar-refractivity contribution in [2.45, 2.75) is 32.2 Å². The predicted molar refractivity (Wildman–Crippen MR) is 76.6 cm³/mol. The van der Waals surface area contributed by atoms with Crippen molar-refractivity contribution in [2.24, 2.45) is 5.92 Å². The van der Waals surface area contributed by atoms with Crippen molar-refractivity contribution < 1.29 is 9.53 Å². The minimum absolute atomic E-state index is 0.106. The van der Waals surface area contributed by atoms with Crippen LogP contribution in [0.1, 0.15) is 25.3 Å². The molecule has 1 aliphatic rings. The lowest BCUT2D eigenvalue weighted by Crippen LogP contribution is -2.48. The monoisotopic (exact) mass is 292 g/mol. The minimum atomic E-state index is -0.781. The Morgan fingerprint density at radius 1 is 1.60 bits per heavy atom. The van der Waals surface area contributed by atoms with Crippen LogP contribution in [0.2, 0.25) is 5.02 Å². The highest BCUT2D eigenvalue weighted by atomic mass is 35.5. The average Bonchev–Trinajstić information content (AvgIpc) is 3.25. The first-order valence-corrected chi connectivity index (χ1v) is 6.93. The molecule has 106 valence electrons. The normalized spacial score (nSPS) is 16.9. The minimum Gasteiger partial charge on any atom is -0.484 e. The van der Waals surface area contributed by atoms with Gasteiger partial charge in [0.1, 0.15) is 11.3 Å². The molecule has 1 saturated carbocycles. The fourth-order valence-corrected chi connectivity index (χ4v) is 2.18. The second kappa shape index (κ2) is 5.72. The molecular formula is C15H17ClN2O2. The first kappa shape index (κ1) is 14.7. The van der Waals surface area contributed by atoms with E-state index in [9.17, 15) is 10.1 Å². The molecule has 0 aromatic heterocycles. The summed E-state index contributed by atoms with van der Waals surface area (Å²) in [5.74, 6) is 0.565. The van der Waals surface area contributed by atoms with Gasteiger partial charge in [-0.1, -0.05) is 11.6 Å². The number of aryl methyl sites for hydroxylation is 1. The summed E-state index contributed by atoms with van der Waals surface area (Å²) in [5, 5.41) is 12.6. The van der Waals surface area contributed by atoms with Gasteiger partial charge in [0.2, 0.25) is 0 Å². The molecule has 0 unspecified atom stereocenters. The molecule has 1 fully saturated rings. The summed E-state index contributed by atoms with van der Waals surface area (Å²) in [5.41, 5.74) is 0.112. The molecule has 2 rings (SSSR count). The van der Waals surface area contributed by atoms with Gasteiger partial charge in [0, 0.05) is 5.02 Å². The number of rotatable bonds is 5. The van der Waals surface area contributed by atoms with Gasteiger partial charge in [0.15, 0.2) is 6.61 Å². The molecule has 0 heterocycles. The summed E-state index contributed by atoms with van der Waals surface area (Å²) in [4.78, 5) is 11.9. The third kappa shape index (κ3) is 3.43. The SMILES string of the molecule is Cc1cc(OCC(=O)N[C@](C)(C#N)C2CC2)ccc1Cl. The first-order chi connectivity index (χ1) is 9.44. The summed E-state index contributed by atoms with van der Waals surface area (Å²) >= 11 is 5.92. The van der Waals surface area contributed by atoms with E-state index in [1.807, 2.05) is 6.92 Å². The number of benzene rings is 1. The van der Waals surface area contributed by atoms with Crippen molar-refractivity contribution >= 4 is 17.5 Å². The van der Waals surface area contributed by atoms with E-state index in [1.54, 1.807) is 25.1 Å². The van der Waals surface area contributed by atoms with E-state index < -0.39 is 5.54 Å². The maximum absolute atomic E-state index is 11.9. The molecule has 20 heavy (non-hydrogen) atoms. The maximum Gasteiger partial charge on any atom is 0.259 e. The Labute approximate surface area is 123 Å². The van der Waals surface area contributed by atoms with Crippen LogP contribution in [0.3, 0.4) is 0 Å². The number of carbonyl (C=O) groups excluding carboxylic acids is 1. The Morgan fingerprint density at radius 2 is 2.30 bits per heavy atom. The molecule has 4 nitrogen and oxygen atoms in total. The van der Waals surface area contributed by atoms with Crippen LogP contribution < -0.4 is 10.1 Å². The highest BCUT2D eigenvalue weighted by Gasteiger charge is 2.43. The Hall–Kier alpha value is -1.73. The number of nitriles is 1. The molecule has 0 radical (unpaired) electrons. The van der Waals surface area contributed by atoms with Gasteiger partial charge in [-0.05, 0) is 56.4 Å². The number of halogens is 1. The van der Waals surface area contributed by atoms with E-state index in [0.717, 1.165) is 18.4 Å². The molecule has 0 saturated heterocycles. The lowest BCUT2D eigenvalue weighted by atomic mass is 9.98. The molecule has 0 aliphatic heterocycles. The zero-order chi connectivity index (χ0) is 14.8. The first-order valence-electron chi connectivity index (χ1n) is 6.56.